The Hall–Kier alpha value is -0.340. The summed E-state index contributed by atoms with van der Waals surface area (Å²) in [6.07, 6.45) is 6.85. The number of rotatable bonds is 2. The van der Waals surface area contributed by atoms with Gasteiger partial charge in [0.2, 0.25) is 0 Å². The average molecular weight is 223 g/mol. The van der Waals surface area contributed by atoms with Gasteiger partial charge in [0.1, 0.15) is 0 Å². The molecule has 1 saturated carbocycles. The molecular weight excluding hydrogens is 202 g/mol. The van der Waals surface area contributed by atoms with Crippen molar-refractivity contribution in [1.82, 2.24) is 4.90 Å². The third-order valence-electron chi connectivity index (χ3n) is 3.74. The van der Waals surface area contributed by atoms with E-state index in [2.05, 4.69) is 38.1 Å². The van der Waals surface area contributed by atoms with Crippen LogP contribution in [0.2, 0.25) is 0 Å². The Kier molecular flexibility index (Phi) is 3.17. The molecule has 0 bridgehead atoms. The molecule has 1 aromatic heterocycles. The van der Waals surface area contributed by atoms with Crippen molar-refractivity contribution < 1.29 is 0 Å². The van der Waals surface area contributed by atoms with E-state index < -0.39 is 0 Å². The zero-order valence-corrected chi connectivity index (χ0v) is 10.9. The van der Waals surface area contributed by atoms with E-state index in [0.717, 1.165) is 0 Å². The molecule has 0 radical (unpaired) electrons. The summed E-state index contributed by atoms with van der Waals surface area (Å²) < 4.78 is 0. The van der Waals surface area contributed by atoms with E-state index in [-0.39, 0.29) is 0 Å². The highest BCUT2D eigenvalue weighted by molar-refractivity contribution is 7.12. The van der Waals surface area contributed by atoms with Crippen LogP contribution in [0.15, 0.2) is 12.1 Å². The van der Waals surface area contributed by atoms with Gasteiger partial charge in [-0.25, -0.2) is 0 Å². The molecule has 0 atom stereocenters. The molecule has 1 heterocycles. The summed E-state index contributed by atoms with van der Waals surface area (Å²) in [5.41, 5.74) is 0.344. The van der Waals surface area contributed by atoms with Gasteiger partial charge in [-0.2, -0.15) is 0 Å². The molecule has 2 rings (SSSR count). The fraction of sp³-hybridized carbons (Fsp3) is 0.692. The van der Waals surface area contributed by atoms with Crippen molar-refractivity contribution >= 4 is 11.3 Å². The summed E-state index contributed by atoms with van der Waals surface area (Å²) in [6.45, 7) is 2.21. The van der Waals surface area contributed by atoms with Gasteiger partial charge in [0.15, 0.2) is 0 Å². The fourth-order valence-corrected chi connectivity index (χ4v) is 3.93. The van der Waals surface area contributed by atoms with Crippen LogP contribution >= 0.6 is 11.3 Å². The van der Waals surface area contributed by atoms with Crippen LogP contribution in [0.1, 0.15) is 41.9 Å². The summed E-state index contributed by atoms with van der Waals surface area (Å²) in [4.78, 5) is 5.46. The summed E-state index contributed by atoms with van der Waals surface area (Å²) in [7, 11) is 4.47. The van der Waals surface area contributed by atoms with Gasteiger partial charge in [0, 0.05) is 9.75 Å². The van der Waals surface area contributed by atoms with E-state index in [1.54, 1.807) is 4.88 Å². The Morgan fingerprint density at radius 2 is 1.80 bits per heavy atom. The second-order valence-corrected chi connectivity index (χ2v) is 6.18. The van der Waals surface area contributed by atoms with Crippen LogP contribution < -0.4 is 0 Å². The zero-order chi connectivity index (χ0) is 10.9. The van der Waals surface area contributed by atoms with Gasteiger partial charge in [0.25, 0.3) is 0 Å². The van der Waals surface area contributed by atoms with E-state index in [1.807, 2.05) is 11.3 Å². The Morgan fingerprint density at radius 3 is 2.27 bits per heavy atom. The van der Waals surface area contributed by atoms with Crippen LogP contribution in [0.4, 0.5) is 0 Å². The van der Waals surface area contributed by atoms with E-state index in [4.69, 9.17) is 0 Å². The Labute approximate surface area is 97.1 Å². The minimum absolute atomic E-state index is 0.344. The molecule has 0 saturated heterocycles. The highest BCUT2D eigenvalue weighted by atomic mass is 32.1. The molecule has 1 aliphatic carbocycles. The second kappa shape index (κ2) is 4.26. The maximum atomic E-state index is 2.44. The minimum Gasteiger partial charge on any atom is -0.299 e. The molecule has 0 aliphatic heterocycles. The highest BCUT2D eigenvalue weighted by Gasteiger charge is 2.36. The normalized spacial score (nSPS) is 20.8. The monoisotopic (exact) mass is 223 g/mol. The van der Waals surface area contributed by atoms with Crippen molar-refractivity contribution in [3.63, 3.8) is 0 Å². The van der Waals surface area contributed by atoms with Gasteiger partial charge in [-0.05, 0) is 46.0 Å². The van der Waals surface area contributed by atoms with Crippen LogP contribution in [0, 0.1) is 6.92 Å². The Morgan fingerprint density at radius 1 is 1.13 bits per heavy atom. The fourth-order valence-electron chi connectivity index (χ4n) is 2.74. The first kappa shape index (κ1) is 11.2. The lowest BCUT2D eigenvalue weighted by Gasteiger charge is -2.42. The number of hydrogen-bond donors (Lipinski definition) is 0. The lowest BCUT2D eigenvalue weighted by atomic mass is 9.79. The van der Waals surface area contributed by atoms with Gasteiger partial charge in [-0.15, -0.1) is 11.3 Å². The molecule has 15 heavy (non-hydrogen) atoms. The standard InChI is InChI=1S/C13H21NS/c1-11-7-8-12(15-11)13(14(2)3)9-5-4-6-10-13/h7-8H,4-6,9-10H2,1-3H3. The molecule has 1 aliphatic rings. The Balaban J connectivity index is 2.33. The number of thiophene rings is 1. The molecule has 0 aromatic carbocycles. The van der Waals surface area contributed by atoms with Gasteiger partial charge in [0.05, 0.1) is 5.54 Å². The van der Waals surface area contributed by atoms with E-state index in [9.17, 15) is 0 Å². The molecule has 0 N–H and O–H groups in total. The first-order valence-corrected chi connectivity index (χ1v) is 6.71. The highest BCUT2D eigenvalue weighted by Crippen LogP contribution is 2.43. The third-order valence-corrected chi connectivity index (χ3v) is 4.93. The smallest absolute Gasteiger partial charge is 0.0548 e. The molecule has 1 fully saturated rings. The van der Waals surface area contributed by atoms with Crippen molar-refractivity contribution in [3.8, 4) is 0 Å². The first-order chi connectivity index (χ1) is 7.15. The summed E-state index contributed by atoms with van der Waals surface area (Å²) in [5, 5.41) is 0. The third kappa shape index (κ3) is 1.98. The topological polar surface area (TPSA) is 3.24 Å². The molecule has 84 valence electrons. The van der Waals surface area contributed by atoms with E-state index in [1.165, 1.54) is 37.0 Å². The summed E-state index contributed by atoms with van der Waals surface area (Å²) in [6, 6.07) is 4.60. The van der Waals surface area contributed by atoms with E-state index >= 15 is 0 Å². The lowest BCUT2D eigenvalue weighted by molar-refractivity contribution is 0.103. The van der Waals surface area contributed by atoms with Crippen molar-refractivity contribution in [3.05, 3.63) is 21.9 Å². The predicted octanol–water partition coefficient (Wildman–Crippen LogP) is 3.78. The van der Waals surface area contributed by atoms with Gasteiger partial charge < -0.3 is 0 Å². The minimum atomic E-state index is 0.344. The van der Waals surface area contributed by atoms with Crippen molar-refractivity contribution in [2.75, 3.05) is 14.1 Å². The summed E-state index contributed by atoms with van der Waals surface area (Å²) in [5.74, 6) is 0. The molecular formula is C13H21NS. The van der Waals surface area contributed by atoms with Crippen molar-refractivity contribution in [2.45, 2.75) is 44.6 Å². The molecule has 0 spiro atoms. The second-order valence-electron chi connectivity index (χ2n) is 4.90. The molecule has 0 unspecified atom stereocenters. The molecule has 1 aromatic rings. The van der Waals surface area contributed by atoms with Crippen LogP contribution in [0.5, 0.6) is 0 Å². The molecule has 1 nitrogen and oxygen atoms in total. The largest absolute Gasteiger partial charge is 0.299 e. The lowest BCUT2D eigenvalue weighted by Crippen LogP contribution is -2.42. The van der Waals surface area contributed by atoms with Gasteiger partial charge >= 0.3 is 0 Å². The summed E-state index contributed by atoms with van der Waals surface area (Å²) >= 11 is 1.98. The van der Waals surface area contributed by atoms with Gasteiger partial charge in [-0.1, -0.05) is 19.3 Å². The Bertz CT molecular complexity index is 321. The average Bonchev–Trinajstić information content (AvgIpc) is 2.66. The van der Waals surface area contributed by atoms with Crippen molar-refractivity contribution in [2.24, 2.45) is 0 Å². The number of hydrogen-bond acceptors (Lipinski definition) is 2. The maximum absolute atomic E-state index is 2.44. The maximum Gasteiger partial charge on any atom is 0.0548 e. The van der Waals surface area contributed by atoms with Gasteiger partial charge in [-0.3, -0.25) is 4.90 Å². The van der Waals surface area contributed by atoms with Crippen molar-refractivity contribution in [1.29, 1.82) is 0 Å². The van der Waals surface area contributed by atoms with Crippen LogP contribution in [-0.4, -0.2) is 19.0 Å². The van der Waals surface area contributed by atoms with Crippen LogP contribution in [-0.2, 0) is 5.54 Å². The zero-order valence-electron chi connectivity index (χ0n) is 10.0. The molecule has 0 amide bonds. The number of nitrogens with zero attached hydrogens (tertiary/aromatic N) is 1. The molecule has 2 heteroatoms. The first-order valence-electron chi connectivity index (χ1n) is 5.89. The van der Waals surface area contributed by atoms with Crippen LogP contribution in [0.25, 0.3) is 0 Å². The number of aryl methyl sites for hydroxylation is 1. The quantitative estimate of drug-likeness (QED) is 0.737. The van der Waals surface area contributed by atoms with Crippen LogP contribution in [0.3, 0.4) is 0 Å². The predicted molar refractivity (Wildman–Crippen MR) is 67.5 cm³/mol. The van der Waals surface area contributed by atoms with E-state index in [0.29, 0.717) is 5.54 Å². The SMILES string of the molecule is Cc1ccc(C2(N(C)C)CCCCC2)s1.